The summed E-state index contributed by atoms with van der Waals surface area (Å²) in [6.45, 7) is 0. The lowest BCUT2D eigenvalue weighted by Gasteiger charge is -2.49. The van der Waals surface area contributed by atoms with Crippen molar-refractivity contribution < 1.29 is 14.6 Å². The Hall–Kier alpha value is -7.68. The molecule has 5 nitrogen and oxygen atoms in total. The standard InChI is InChI=1S/C53H38N2O3/c54-37-42(51(56)57)36-52(32-29-39(30-33-52)38-15-5-1-6-16-38)53(43-17-7-2-8-18-43)34-31-41-35-49(47-23-13-14-24-48(47)50(41)58-53)40-25-27-46(28-26-40)55(44-19-9-3-10-20-44)45-21-11-4-12-22-45/h1-32,34-36H,33H2,(H,56,57)/b42-36-. The van der Waals surface area contributed by atoms with Gasteiger partial charge in [-0.25, -0.2) is 4.79 Å². The summed E-state index contributed by atoms with van der Waals surface area (Å²) in [6, 6.07) is 61.7. The van der Waals surface area contributed by atoms with E-state index in [-0.39, 0.29) is 5.57 Å². The molecule has 1 heterocycles. The van der Waals surface area contributed by atoms with Crippen LogP contribution in [0.15, 0.2) is 212 Å². The van der Waals surface area contributed by atoms with Gasteiger partial charge in [0.15, 0.2) is 5.60 Å². The summed E-state index contributed by atoms with van der Waals surface area (Å²) in [5, 5.41) is 22.3. The Labute approximate surface area is 338 Å². The predicted octanol–water partition coefficient (Wildman–Crippen LogP) is 12.8. The lowest BCUT2D eigenvalue weighted by molar-refractivity contribution is -0.132. The molecule has 278 valence electrons. The summed E-state index contributed by atoms with van der Waals surface area (Å²) >= 11 is 0. The second kappa shape index (κ2) is 15.1. The molecule has 0 saturated carbocycles. The maximum atomic E-state index is 12.5. The van der Waals surface area contributed by atoms with Crippen molar-refractivity contribution in [2.45, 2.75) is 12.0 Å². The van der Waals surface area contributed by atoms with Crippen LogP contribution in [0.1, 0.15) is 23.1 Å². The molecule has 0 amide bonds. The van der Waals surface area contributed by atoms with E-state index in [0.29, 0.717) is 12.2 Å². The average Bonchev–Trinajstić information content (AvgIpc) is 3.29. The minimum Gasteiger partial charge on any atom is -0.477 e. The molecule has 2 aliphatic rings. The molecule has 1 aliphatic carbocycles. The van der Waals surface area contributed by atoms with E-state index < -0.39 is 17.0 Å². The molecule has 1 N–H and O–H groups in total. The number of para-hydroxylation sites is 2. The second-order valence-electron chi connectivity index (χ2n) is 14.6. The van der Waals surface area contributed by atoms with E-state index in [2.05, 4.69) is 120 Å². The molecule has 7 aromatic rings. The molecule has 2 unspecified atom stereocenters. The highest BCUT2D eigenvalue weighted by Gasteiger charge is 2.53. The molecule has 0 spiro atoms. The number of aliphatic carboxylic acids is 1. The summed E-state index contributed by atoms with van der Waals surface area (Å²) < 4.78 is 7.45. The number of benzene rings is 7. The van der Waals surface area contributed by atoms with E-state index in [1.807, 2.05) is 97.1 Å². The van der Waals surface area contributed by atoms with Crippen molar-refractivity contribution in [3.8, 4) is 22.9 Å². The maximum Gasteiger partial charge on any atom is 0.346 e. The maximum absolute atomic E-state index is 12.5. The smallest absolute Gasteiger partial charge is 0.346 e. The van der Waals surface area contributed by atoms with E-state index in [9.17, 15) is 15.2 Å². The van der Waals surface area contributed by atoms with Crippen molar-refractivity contribution in [1.82, 2.24) is 0 Å². The molecule has 0 bridgehead atoms. The number of nitriles is 1. The number of anilines is 3. The van der Waals surface area contributed by atoms with Crippen LogP contribution >= 0.6 is 0 Å². The molecule has 7 aromatic carbocycles. The van der Waals surface area contributed by atoms with Crippen LogP contribution in [0.4, 0.5) is 17.1 Å². The molecule has 0 aromatic heterocycles. The third-order valence-corrected chi connectivity index (χ3v) is 11.2. The number of allylic oxidation sites excluding steroid dienone is 3. The monoisotopic (exact) mass is 750 g/mol. The van der Waals surface area contributed by atoms with E-state index in [0.717, 1.165) is 61.2 Å². The molecule has 9 rings (SSSR count). The zero-order valence-electron chi connectivity index (χ0n) is 31.6. The first kappa shape index (κ1) is 36.0. The Kier molecular flexibility index (Phi) is 9.37. The number of nitrogens with zero attached hydrogens (tertiary/aromatic N) is 2. The van der Waals surface area contributed by atoms with Gasteiger partial charge < -0.3 is 14.7 Å². The Bertz CT molecular complexity index is 2760. The number of carboxylic acids is 1. The summed E-state index contributed by atoms with van der Waals surface area (Å²) in [7, 11) is 0. The van der Waals surface area contributed by atoms with Gasteiger partial charge in [0.05, 0.1) is 5.41 Å². The van der Waals surface area contributed by atoms with Gasteiger partial charge in [-0.3, -0.25) is 0 Å². The summed E-state index contributed by atoms with van der Waals surface area (Å²) in [6.07, 6.45) is 12.3. The highest BCUT2D eigenvalue weighted by molar-refractivity contribution is 6.03. The summed E-state index contributed by atoms with van der Waals surface area (Å²) in [5.74, 6) is -0.595. The van der Waals surface area contributed by atoms with Crippen LogP contribution in [-0.2, 0) is 10.4 Å². The van der Waals surface area contributed by atoms with E-state index >= 15 is 0 Å². The third-order valence-electron chi connectivity index (χ3n) is 11.2. The van der Waals surface area contributed by atoms with Gasteiger partial charge in [0.2, 0.25) is 0 Å². The SMILES string of the molecule is N#C/C(=C/C1(C2(c3ccccc3)C=Cc3cc(-c4ccc(N(c5ccccc5)c5ccccc5)cc4)c4ccccc4c3O2)C=CC(c2ccccc2)=CC1)C(=O)O. The Morgan fingerprint density at radius 2 is 1.22 bits per heavy atom. The number of rotatable bonds is 9. The van der Waals surface area contributed by atoms with E-state index in [4.69, 9.17) is 4.74 Å². The fourth-order valence-electron chi connectivity index (χ4n) is 8.39. The molecule has 58 heavy (non-hydrogen) atoms. The summed E-state index contributed by atoms with van der Waals surface area (Å²) in [5.41, 5.74) is 6.44. The Morgan fingerprint density at radius 3 is 1.81 bits per heavy atom. The highest BCUT2D eigenvalue weighted by atomic mass is 16.5. The highest BCUT2D eigenvalue weighted by Crippen LogP contribution is 2.56. The number of hydrogen-bond acceptors (Lipinski definition) is 4. The zero-order chi connectivity index (χ0) is 39.5. The van der Waals surface area contributed by atoms with Crippen molar-refractivity contribution in [3.05, 3.63) is 229 Å². The number of carboxylic acid groups (broad SMARTS) is 1. The van der Waals surface area contributed by atoms with Crippen LogP contribution in [0.25, 0.3) is 33.5 Å². The average molecular weight is 751 g/mol. The third kappa shape index (κ3) is 6.37. The molecule has 1 aliphatic heterocycles. The Balaban J connectivity index is 1.18. The molecular formula is C53H38N2O3. The van der Waals surface area contributed by atoms with Crippen molar-refractivity contribution in [2.75, 3.05) is 4.90 Å². The molecule has 0 fully saturated rings. The van der Waals surface area contributed by atoms with Gasteiger partial charge in [0, 0.05) is 33.6 Å². The fourth-order valence-corrected chi connectivity index (χ4v) is 8.39. The largest absolute Gasteiger partial charge is 0.477 e. The van der Waals surface area contributed by atoms with Crippen molar-refractivity contribution >= 4 is 45.5 Å². The predicted molar refractivity (Wildman–Crippen MR) is 234 cm³/mol. The molecule has 5 heteroatoms. The van der Waals surface area contributed by atoms with Gasteiger partial charge in [0.1, 0.15) is 17.4 Å². The molecule has 0 saturated heterocycles. The van der Waals surface area contributed by atoms with Gasteiger partial charge >= 0.3 is 5.97 Å². The minimum atomic E-state index is -1.28. The molecular weight excluding hydrogens is 713 g/mol. The number of hydrogen-bond donors (Lipinski definition) is 1. The first-order valence-corrected chi connectivity index (χ1v) is 19.3. The van der Waals surface area contributed by atoms with E-state index in [1.165, 1.54) is 0 Å². The lowest BCUT2D eigenvalue weighted by atomic mass is 9.62. The molecule has 0 radical (unpaired) electrons. The quantitative estimate of drug-likeness (QED) is 0.117. The van der Waals surface area contributed by atoms with Gasteiger partial charge in [-0.15, -0.1) is 0 Å². The van der Waals surface area contributed by atoms with Crippen LogP contribution in [0.2, 0.25) is 0 Å². The summed E-state index contributed by atoms with van der Waals surface area (Å²) in [4.78, 5) is 14.8. The van der Waals surface area contributed by atoms with Gasteiger partial charge in [-0.05, 0) is 88.7 Å². The van der Waals surface area contributed by atoms with Crippen LogP contribution < -0.4 is 9.64 Å². The lowest BCUT2D eigenvalue weighted by Crippen LogP contribution is -2.48. The minimum absolute atomic E-state index is 0.346. The Morgan fingerprint density at radius 1 is 0.655 bits per heavy atom. The number of carbonyl (C=O) groups is 1. The normalized spacial score (nSPS) is 18.4. The van der Waals surface area contributed by atoms with Crippen LogP contribution in [0.5, 0.6) is 5.75 Å². The van der Waals surface area contributed by atoms with Crippen LogP contribution in [0.3, 0.4) is 0 Å². The van der Waals surface area contributed by atoms with Gasteiger partial charge in [0.25, 0.3) is 0 Å². The van der Waals surface area contributed by atoms with Crippen LogP contribution in [0, 0.1) is 16.7 Å². The van der Waals surface area contributed by atoms with Crippen molar-refractivity contribution in [3.63, 3.8) is 0 Å². The van der Waals surface area contributed by atoms with Crippen molar-refractivity contribution in [2.24, 2.45) is 5.41 Å². The number of ether oxygens (including phenoxy) is 1. The zero-order valence-corrected chi connectivity index (χ0v) is 31.6. The van der Waals surface area contributed by atoms with Crippen LogP contribution in [-0.4, -0.2) is 11.1 Å². The van der Waals surface area contributed by atoms with Gasteiger partial charge in [-0.1, -0.05) is 158 Å². The number of fused-ring (bicyclic) bond motifs is 3. The van der Waals surface area contributed by atoms with Gasteiger partial charge in [-0.2, -0.15) is 5.26 Å². The topological polar surface area (TPSA) is 73.6 Å². The second-order valence-corrected chi connectivity index (χ2v) is 14.6. The van der Waals surface area contributed by atoms with Crippen molar-refractivity contribution in [1.29, 1.82) is 5.26 Å². The van der Waals surface area contributed by atoms with E-state index in [1.54, 1.807) is 6.08 Å². The first-order chi connectivity index (χ1) is 28.5. The fraction of sp³-hybridized carbons (Fsp3) is 0.0566. The first-order valence-electron chi connectivity index (χ1n) is 19.3. The molecule has 2 atom stereocenters.